The molecule has 0 aromatic heterocycles. The minimum Gasteiger partial charge on any atom is -0.322 e. The van der Waals surface area contributed by atoms with Gasteiger partial charge >= 0.3 is 0 Å². The molecule has 0 aliphatic carbocycles. The molecule has 92 valence electrons. The lowest BCUT2D eigenvalue weighted by molar-refractivity contribution is -0.118. The van der Waals surface area contributed by atoms with E-state index in [9.17, 15) is 9.18 Å². The zero-order valence-electron chi connectivity index (χ0n) is 10.1. The number of nitrogens with one attached hydrogen (secondary N) is 2. The van der Waals surface area contributed by atoms with Gasteiger partial charge in [0.2, 0.25) is 5.91 Å². The van der Waals surface area contributed by atoms with Crippen molar-refractivity contribution in [2.45, 2.75) is 26.3 Å². The Kier molecular flexibility index (Phi) is 3.43. The van der Waals surface area contributed by atoms with E-state index in [4.69, 9.17) is 0 Å². The molecule has 1 fully saturated rings. The summed E-state index contributed by atoms with van der Waals surface area (Å²) in [7, 11) is 0. The fourth-order valence-corrected chi connectivity index (χ4v) is 2.12. The Morgan fingerprint density at radius 1 is 1.53 bits per heavy atom. The number of hydrogen-bond donors (Lipinski definition) is 2. The van der Waals surface area contributed by atoms with Gasteiger partial charge in [-0.3, -0.25) is 4.79 Å². The predicted octanol–water partition coefficient (Wildman–Crippen LogP) is 2.07. The Balaban J connectivity index is 2.07. The number of aryl methyl sites for hydroxylation is 1. The van der Waals surface area contributed by atoms with Crippen molar-refractivity contribution < 1.29 is 9.18 Å². The second-order valence-electron chi connectivity index (χ2n) is 4.67. The summed E-state index contributed by atoms with van der Waals surface area (Å²) in [6.45, 7) is 4.68. The SMILES string of the molecule is Cc1ccc(NC(=O)C2NCCC2C)c(F)c1. The Morgan fingerprint density at radius 2 is 2.29 bits per heavy atom. The Labute approximate surface area is 100 Å². The molecule has 1 aromatic carbocycles. The summed E-state index contributed by atoms with van der Waals surface area (Å²) in [5.74, 6) is -0.245. The molecule has 3 nitrogen and oxygen atoms in total. The van der Waals surface area contributed by atoms with Crippen LogP contribution in [0.3, 0.4) is 0 Å². The van der Waals surface area contributed by atoms with Crippen LogP contribution in [-0.2, 0) is 4.79 Å². The molecule has 0 bridgehead atoms. The van der Waals surface area contributed by atoms with Crippen LogP contribution in [0.25, 0.3) is 0 Å². The van der Waals surface area contributed by atoms with Crippen LogP contribution in [0.2, 0.25) is 0 Å². The maximum atomic E-state index is 13.6. The third-order valence-corrected chi connectivity index (χ3v) is 3.20. The second kappa shape index (κ2) is 4.84. The first-order valence-electron chi connectivity index (χ1n) is 5.88. The molecule has 2 unspecified atom stereocenters. The van der Waals surface area contributed by atoms with Crippen molar-refractivity contribution in [3.63, 3.8) is 0 Å². The molecule has 0 radical (unpaired) electrons. The molecular weight excluding hydrogens is 219 g/mol. The number of benzene rings is 1. The lowest BCUT2D eigenvalue weighted by Crippen LogP contribution is -2.39. The summed E-state index contributed by atoms with van der Waals surface area (Å²) in [5, 5.41) is 5.76. The molecule has 1 amide bonds. The number of carbonyl (C=O) groups is 1. The van der Waals surface area contributed by atoms with Gasteiger partial charge in [-0.05, 0) is 43.5 Å². The molecule has 0 saturated carbocycles. The van der Waals surface area contributed by atoms with Crippen molar-refractivity contribution in [3.8, 4) is 0 Å². The van der Waals surface area contributed by atoms with E-state index in [1.165, 1.54) is 6.07 Å². The van der Waals surface area contributed by atoms with Crippen molar-refractivity contribution in [1.82, 2.24) is 5.32 Å². The number of rotatable bonds is 2. The highest BCUT2D eigenvalue weighted by atomic mass is 19.1. The molecule has 0 spiro atoms. The fourth-order valence-electron chi connectivity index (χ4n) is 2.12. The van der Waals surface area contributed by atoms with Crippen molar-refractivity contribution in [2.75, 3.05) is 11.9 Å². The first-order chi connectivity index (χ1) is 8.08. The highest BCUT2D eigenvalue weighted by Crippen LogP contribution is 2.19. The van der Waals surface area contributed by atoms with Gasteiger partial charge in [0.1, 0.15) is 5.82 Å². The van der Waals surface area contributed by atoms with Crippen molar-refractivity contribution in [1.29, 1.82) is 0 Å². The largest absolute Gasteiger partial charge is 0.322 e. The van der Waals surface area contributed by atoms with E-state index in [0.717, 1.165) is 18.5 Å². The summed E-state index contributed by atoms with van der Waals surface area (Å²) in [6, 6.07) is 4.59. The minimum atomic E-state index is -0.385. The van der Waals surface area contributed by atoms with Gasteiger partial charge in [-0.15, -0.1) is 0 Å². The maximum Gasteiger partial charge on any atom is 0.241 e. The van der Waals surface area contributed by atoms with E-state index in [0.29, 0.717) is 5.92 Å². The molecule has 1 aromatic rings. The van der Waals surface area contributed by atoms with E-state index in [-0.39, 0.29) is 23.5 Å². The summed E-state index contributed by atoms with van der Waals surface area (Å²) >= 11 is 0. The Bertz CT molecular complexity index is 433. The summed E-state index contributed by atoms with van der Waals surface area (Å²) in [5.41, 5.74) is 1.09. The van der Waals surface area contributed by atoms with Crippen LogP contribution in [0.4, 0.5) is 10.1 Å². The van der Waals surface area contributed by atoms with Gasteiger partial charge in [-0.25, -0.2) is 4.39 Å². The second-order valence-corrected chi connectivity index (χ2v) is 4.67. The third-order valence-electron chi connectivity index (χ3n) is 3.20. The molecule has 4 heteroatoms. The van der Waals surface area contributed by atoms with Gasteiger partial charge < -0.3 is 10.6 Å². The first-order valence-corrected chi connectivity index (χ1v) is 5.88. The zero-order chi connectivity index (χ0) is 12.4. The van der Waals surface area contributed by atoms with Gasteiger partial charge in [0, 0.05) is 0 Å². The molecule has 1 aliphatic heterocycles. The quantitative estimate of drug-likeness (QED) is 0.825. The molecule has 1 heterocycles. The fraction of sp³-hybridized carbons (Fsp3) is 0.462. The molecule has 1 aliphatic rings. The number of carbonyl (C=O) groups excluding carboxylic acids is 1. The van der Waals surface area contributed by atoms with E-state index >= 15 is 0 Å². The van der Waals surface area contributed by atoms with Gasteiger partial charge in [0.25, 0.3) is 0 Å². The molecule has 17 heavy (non-hydrogen) atoms. The van der Waals surface area contributed by atoms with Gasteiger partial charge in [-0.2, -0.15) is 0 Å². The Morgan fingerprint density at radius 3 is 2.88 bits per heavy atom. The molecular formula is C13H17FN2O. The smallest absolute Gasteiger partial charge is 0.241 e. The van der Waals surface area contributed by atoms with Crippen molar-refractivity contribution in [2.24, 2.45) is 5.92 Å². The standard InChI is InChI=1S/C13H17FN2O/c1-8-3-4-11(10(14)7-8)16-13(17)12-9(2)5-6-15-12/h3-4,7,9,12,15H,5-6H2,1-2H3,(H,16,17). The third kappa shape index (κ3) is 2.64. The van der Waals surface area contributed by atoms with E-state index < -0.39 is 0 Å². The predicted molar refractivity (Wildman–Crippen MR) is 65.3 cm³/mol. The number of hydrogen-bond acceptors (Lipinski definition) is 2. The highest BCUT2D eigenvalue weighted by Gasteiger charge is 2.29. The van der Waals surface area contributed by atoms with Crippen LogP contribution in [0.1, 0.15) is 18.9 Å². The van der Waals surface area contributed by atoms with E-state index in [2.05, 4.69) is 10.6 Å². The maximum absolute atomic E-state index is 13.6. The van der Waals surface area contributed by atoms with Crippen LogP contribution in [-0.4, -0.2) is 18.5 Å². The average molecular weight is 236 g/mol. The van der Waals surface area contributed by atoms with E-state index in [1.807, 2.05) is 13.8 Å². The summed E-state index contributed by atoms with van der Waals surface area (Å²) in [4.78, 5) is 11.9. The number of anilines is 1. The average Bonchev–Trinajstić information content (AvgIpc) is 2.68. The van der Waals surface area contributed by atoms with E-state index in [1.54, 1.807) is 12.1 Å². The highest BCUT2D eigenvalue weighted by molar-refractivity contribution is 5.95. The first kappa shape index (κ1) is 12.0. The lowest BCUT2D eigenvalue weighted by atomic mass is 10.0. The van der Waals surface area contributed by atoms with Crippen molar-refractivity contribution >= 4 is 11.6 Å². The normalized spacial score (nSPS) is 23.7. The van der Waals surface area contributed by atoms with Crippen LogP contribution >= 0.6 is 0 Å². The van der Waals surface area contributed by atoms with Crippen LogP contribution in [0, 0.1) is 18.7 Å². The van der Waals surface area contributed by atoms with Gasteiger partial charge in [0.05, 0.1) is 11.7 Å². The monoisotopic (exact) mass is 236 g/mol. The van der Waals surface area contributed by atoms with Gasteiger partial charge in [0.15, 0.2) is 0 Å². The van der Waals surface area contributed by atoms with Crippen LogP contribution in [0.15, 0.2) is 18.2 Å². The molecule has 2 rings (SSSR count). The Hall–Kier alpha value is -1.42. The summed E-state index contributed by atoms with van der Waals surface area (Å²) < 4.78 is 13.6. The minimum absolute atomic E-state index is 0.155. The van der Waals surface area contributed by atoms with Crippen molar-refractivity contribution in [3.05, 3.63) is 29.6 Å². The summed E-state index contributed by atoms with van der Waals surface area (Å²) in [6.07, 6.45) is 0.981. The topological polar surface area (TPSA) is 41.1 Å². The van der Waals surface area contributed by atoms with Gasteiger partial charge in [-0.1, -0.05) is 13.0 Å². The molecule has 2 atom stereocenters. The van der Waals surface area contributed by atoms with Crippen LogP contribution in [0.5, 0.6) is 0 Å². The number of halogens is 1. The lowest BCUT2D eigenvalue weighted by Gasteiger charge is -2.15. The number of amides is 1. The van der Waals surface area contributed by atoms with Crippen LogP contribution < -0.4 is 10.6 Å². The zero-order valence-corrected chi connectivity index (χ0v) is 10.1. The molecule has 2 N–H and O–H groups in total. The molecule has 1 saturated heterocycles.